The smallest absolute Gasteiger partial charge is 0.0479 e. The van der Waals surface area contributed by atoms with E-state index in [0.717, 1.165) is 32.7 Å². The van der Waals surface area contributed by atoms with E-state index in [1.165, 1.54) is 34.9 Å². The standard InChI is InChI=1S/C25H34N4/c1-27(2)25(23-7-5-4-6-8-23)12-15-29(16-13-25)18-17-28(3)20-21-9-10-22-11-14-26-24(22)19-21/h4-11,14,19,26H,12-13,15-18,20H2,1-3H3. The van der Waals surface area contributed by atoms with Crippen molar-refractivity contribution in [1.29, 1.82) is 0 Å². The summed E-state index contributed by atoms with van der Waals surface area (Å²) in [6.07, 6.45) is 4.40. The highest BCUT2D eigenvalue weighted by Gasteiger charge is 2.37. The van der Waals surface area contributed by atoms with Crippen molar-refractivity contribution in [3.8, 4) is 0 Å². The monoisotopic (exact) mass is 390 g/mol. The third-order valence-corrected chi connectivity index (χ3v) is 6.72. The molecule has 0 bridgehead atoms. The number of aromatic amines is 1. The minimum Gasteiger partial charge on any atom is -0.361 e. The zero-order valence-corrected chi connectivity index (χ0v) is 18.1. The summed E-state index contributed by atoms with van der Waals surface area (Å²) in [4.78, 5) is 10.8. The van der Waals surface area contributed by atoms with Gasteiger partial charge in [-0.2, -0.15) is 0 Å². The lowest BCUT2D eigenvalue weighted by Gasteiger charge is -2.47. The van der Waals surface area contributed by atoms with Gasteiger partial charge in [-0.25, -0.2) is 0 Å². The molecule has 1 aliphatic heterocycles. The van der Waals surface area contributed by atoms with Crippen LogP contribution < -0.4 is 0 Å². The molecule has 2 heterocycles. The number of nitrogens with one attached hydrogen (secondary N) is 1. The molecule has 0 radical (unpaired) electrons. The zero-order valence-electron chi connectivity index (χ0n) is 18.1. The molecule has 0 aliphatic carbocycles. The van der Waals surface area contributed by atoms with Gasteiger partial charge < -0.3 is 14.8 Å². The molecular formula is C25H34N4. The number of fused-ring (bicyclic) bond motifs is 1. The maximum atomic E-state index is 3.32. The number of piperidine rings is 1. The van der Waals surface area contributed by atoms with Crippen LogP contribution in [0, 0.1) is 0 Å². The highest BCUT2D eigenvalue weighted by molar-refractivity contribution is 5.79. The van der Waals surface area contributed by atoms with E-state index >= 15 is 0 Å². The van der Waals surface area contributed by atoms with Crippen molar-refractivity contribution in [2.75, 3.05) is 47.3 Å². The Kier molecular flexibility index (Phi) is 6.04. The molecule has 4 heteroatoms. The molecule has 1 N–H and O–H groups in total. The quantitative estimate of drug-likeness (QED) is 0.656. The Bertz CT molecular complexity index is 907. The maximum Gasteiger partial charge on any atom is 0.0479 e. The summed E-state index contributed by atoms with van der Waals surface area (Å²) >= 11 is 0. The topological polar surface area (TPSA) is 25.5 Å². The number of hydrogen-bond acceptors (Lipinski definition) is 3. The normalized spacial score (nSPS) is 17.4. The first-order valence-electron chi connectivity index (χ1n) is 10.8. The highest BCUT2D eigenvalue weighted by atomic mass is 15.2. The zero-order chi connectivity index (χ0) is 20.3. The van der Waals surface area contributed by atoms with Gasteiger partial charge in [0.25, 0.3) is 0 Å². The van der Waals surface area contributed by atoms with E-state index in [0.29, 0.717) is 0 Å². The lowest BCUT2D eigenvalue weighted by Crippen LogP contribution is -2.51. The Hall–Kier alpha value is -2.14. The van der Waals surface area contributed by atoms with Crippen LogP contribution in [0.25, 0.3) is 10.9 Å². The fourth-order valence-electron chi connectivity index (χ4n) is 4.79. The van der Waals surface area contributed by atoms with Crippen LogP contribution in [0.1, 0.15) is 24.0 Å². The third-order valence-electron chi connectivity index (χ3n) is 6.72. The van der Waals surface area contributed by atoms with E-state index < -0.39 is 0 Å². The Morgan fingerprint density at radius 2 is 1.72 bits per heavy atom. The van der Waals surface area contributed by atoms with Crippen LogP contribution in [-0.2, 0) is 12.1 Å². The van der Waals surface area contributed by atoms with Crippen molar-refractivity contribution >= 4 is 10.9 Å². The number of H-pyrrole nitrogens is 1. The van der Waals surface area contributed by atoms with Gasteiger partial charge in [-0.1, -0.05) is 42.5 Å². The molecule has 4 rings (SSSR count). The number of aromatic nitrogens is 1. The molecule has 1 saturated heterocycles. The van der Waals surface area contributed by atoms with Crippen LogP contribution in [0.3, 0.4) is 0 Å². The van der Waals surface area contributed by atoms with Gasteiger partial charge in [0.2, 0.25) is 0 Å². The Morgan fingerprint density at radius 3 is 2.45 bits per heavy atom. The molecule has 4 nitrogen and oxygen atoms in total. The van der Waals surface area contributed by atoms with Crippen LogP contribution in [0.5, 0.6) is 0 Å². The number of benzene rings is 2. The van der Waals surface area contributed by atoms with Gasteiger partial charge in [0.05, 0.1) is 0 Å². The van der Waals surface area contributed by atoms with Gasteiger partial charge in [0.1, 0.15) is 0 Å². The van der Waals surface area contributed by atoms with Crippen molar-refractivity contribution in [2.45, 2.75) is 24.9 Å². The van der Waals surface area contributed by atoms with Crippen LogP contribution in [0.4, 0.5) is 0 Å². The summed E-state index contributed by atoms with van der Waals surface area (Å²) in [7, 11) is 6.70. The van der Waals surface area contributed by atoms with Gasteiger partial charge in [0.15, 0.2) is 0 Å². The summed E-state index contributed by atoms with van der Waals surface area (Å²) < 4.78 is 0. The number of hydrogen-bond donors (Lipinski definition) is 1. The van der Waals surface area contributed by atoms with Gasteiger partial charge in [-0.3, -0.25) is 4.90 Å². The van der Waals surface area contributed by atoms with E-state index in [2.05, 4.69) is 95.4 Å². The lowest BCUT2D eigenvalue weighted by molar-refractivity contribution is 0.0503. The molecular weight excluding hydrogens is 356 g/mol. The van der Waals surface area contributed by atoms with Crippen molar-refractivity contribution in [3.63, 3.8) is 0 Å². The van der Waals surface area contributed by atoms with E-state index in [9.17, 15) is 0 Å². The van der Waals surface area contributed by atoms with Crippen molar-refractivity contribution in [3.05, 3.63) is 71.9 Å². The number of likely N-dealkylation sites (N-methyl/N-ethyl adjacent to an activating group) is 1. The minimum atomic E-state index is 0.176. The van der Waals surface area contributed by atoms with Crippen LogP contribution in [0.2, 0.25) is 0 Å². The van der Waals surface area contributed by atoms with Crippen molar-refractivity contribution < 1.29 is 0 Å². The first-order valence-corrected chi connectivity index (χ1v) is 10.8. The van der Waals surface area contributed by atoms with Crippen LogP contribution in [0.15, 0.2) is 60.8 Å². The molecule has 1 aromatic heterocycles. The second kappa shape index (κ2) is 8.70. The Morgan fingerprint density at radius 1 is 0.966 bits per heavy atom. The van der Waals surface area contributed by atoms with E-state index in [1.807, 2.05) is 6.20 Å². The molecule has 0 unspecified atom stereocenters. The number of likely N-dealkylation sites (tertiary alicyclic amines) is 1. The summed E-state index contributed by atoms with van der Waals surface area (Å²) in [5.74, 6) is 0. The third kappa shape index (κ3) is 4.40. The second-order valence-electron chi connectivity index (χ2n) is 8.77. The first-order chi connectivity index (χ1) is 14.1. The second-order valence-corrected chi connectivity index (χ2v) is 8.77. The van der Waals surface area contributed by atoms with Crippen LogP contribution in [-0.4, -0.2) is 67.0 Å². The summed E-state index contributed by atoms with van der Waals surface area (Å²) in [5, 5.41) is 1.28. The number of rotatable bonds is 7. The SMILES string of the molecule is CN(CCN1CCC(c2ccccc2)(N(C)C)CC1)Cc1ccc2cc[nH]c2c1. The lowest BCUT2D eigenvalue weighted by atomic mass is 9.80. The summed E-state index contributed by atoms with van der Waals surface area (Å²) in [5.41, 5.74) is 4.24. The molecule has 0 spiro atoms. The first kappa shape index (κ1) is 20.1. The highest BCUT2D eigenvalue weighted by Crippen LogP contribution is 2.37. The molecule has 1 aliphatic rings. The minimum absolute atomic E-state index is 0.176. The molecule has 0 saturated carbocycles. The molecule has 0 amide bonds. The molecule has 1 fully saturated rings. The average molecular weight is 391 g/mol. The van der Waals surface area contributed by atoms with E-state index in [-0.39, 0.29) is 5.54 Å². The van der Waals surface area contributed by atoms with Gasteiger partial charge in [0, 0.05) is 50.0 Å². The van der Waals surface area contributed by atoms with Gasteiger partial charge in [-0.05, 0) is 62.6 Å². The molecule has 3 aromatic rings. The van der Waals surface area contributed by atoms with Crippen molar-refractivity contribution in [1.82, 2.24) is 19.7 Å². The maximum absolute atomic E-state index is 3.32. The van der Waals surface area contributed by atoms with E-state index in [1.54, 1.807) is 0 Å². The molecule has 154 valence electrons. The molecule has 29 heavy (non-hydrogen) atoms. The molecule has 2 aromatic carbocycles. The van der Waals surface area contributed by atoms with E-state index in [4.69, 9.17) is 0 Å². The Balaban J connectivity index is 1.30. The number of nitrogens with zero attached hydrogens (tertiary/aromatic N) is 3. The summed E-state index contributed by atoms with van der Waals surface area (Å²) in [6.45, 7) is 5.56. The fourth-order valence-corrected chi connectivity index (χ4v) is 4.79. The average Bonchev–Trinajstić information content (AvgIpc) is 3.21. The predicted molar refractivity (Wildman–Crippen MR) is 122 cm³/mol. The summed E-state index contributed by atoms with van der Waals surface area (Å²) in [6, 6.07) is 19.9. The van der Waals surface area contributed by atoms with Crippen LogP contribution >= 0.6 is 0 Å². The fraction of sp³-hybridized carbons (Fsp3) is 0.440. The predicted octanol–water partition coefficient (Wildman–Crippen LogP) is 4.15. The van der Waals surface area contributed by atoms with Gasteiger partial charge >= 0.3 is 0 Å². The van der Waals surface area contributed by atoms with Gasteiger partial charge in [-0.15, -0.1) is 0 Å². The largest absolute Gasteiger partial charge is 0.361 e. The van der Waals surface area contributed by atoms with Crippen molar-refractivity contribution in [2.24, 2.45) is 0 Å². The Labute approximate surface area is 175 Å². The molecule has 0 atom stereocenters.